The zero-order chi connectivity index (χ0) is 10.4. The molecule has 2 rings (SSSR count). The molecule has 2 aliphatic rings. The van der Waals surface area contributed by atoms with Gasteiger partial charge in [0.1, 0.15) is 5.60 Å². The van der Waals surface area contributed by atoms with Crippen LogP contribution in [0.25, 0.3) is 0 Å². The van der Waals surface area contributed by atoms with Crippen LogP contribution in [0.4, 0.5) is 4.79 Å². The Labute approximate surface area is 84.6 Å². The zero-order valence-electron chi connectivity index (χ0n) is 9.09. The Balaban J connectivity index is 2.04. The third-order valence-electron chi connectivity index (χ3n) is 3.13. The number of carbonyl (C=O) groups excluding carboxylic acids is 1. The van der Waals surface area contributed by atoms with E-state index in [-0.39, 0.29) is 17.2 Å². The largest absolute Gasteiger partial charge is 0.440 e. The molecule has 0 aromatic heterocycles. The number of carbonyl (C=O) groups is 1. The molecule has 1 spiro atoms. The maximum atomic E-state index is 11.0. The standard InChI is InChI=1S/C10H18N2O2/c1-9(2,3)12-5-4-10(7-12)6-11-8(13)14-10/h4-7H2,1-3H3,(H,11,13). The predicted molar refractivity (Wildman–Crippen MR) is 53.2 cm³/mol. The van der Waals surface area contributed by atoms with Gasteiger partial charge < -0.3 is 10.1 Å². The predicted octanol–water partition coefficient (Wildman–Crippen LogP) is 0.969. The number of hydrogen-bond donors (Lipinski definition) is 1. The smallest absolute Gasteiger partial charge is 0.407 e. The molecular formula is C10H18N2O2. The van der Waals surface area contributed by atoms with Gasteiger partial charge in [-0.05, 0) is 20.8 Å². The van der Waals surface area contributed by atoms with E-state index in [1.807, 2.05) is 0 Å². The number of likely N-dealkylation sites (tertiary alicyclic amines) is 1. The zero-order valence-corrected chi connectivity index (χ0v) is 9.09. The Morgan fingerprint density at radius 3 is 2.64 bits per heavy atom. The van der Waals surface area contributed by atoms with Gasteiger partial charge in [-0.25, -0.2) is 4.79 Å². The normalized spacial score (nSPS) is 33.5. The van der Waals surface area contributed by atoms with Gasteiger partial charge in [-0.2, -0.15) is 0 Å². The summed E-state index contributed by atoms with van der Waals surface area (Å²) in [5.74, 6) is 0. The second kappa shape index (κ2) is 2.86. The molecule has 0 radical (unpaired) electrons. The van der Waals surface area contributed by atoms with E-state index in [1.54, 1.807) is 0 Å². The molecule has 0 bridgehead atoms. The fraction of sp³-hybridized carbons (Fsp3) is 0.900. The van der Waals surface area contributed by atoms with Gasteiger partial charge in [-0.1, -0.05) is 0 Å². The number of nitrogens with zero attached hydrogens (tertiary/aromatic N) is 1. The fourth-order valence-electron chi connectivity index (χ4n) is 2.15. The van der Waals surface area contributed by atoms with Crippen molar-refractivity contribution in [2.45, 2.75) is 38.3 Å². The molecule has 80 valence electrons. The van der Waals surface area contributed by atoms with Crippen molar-refractivity contribution < 1.29 is 9.53 Å². The van der Waals surface area contributed by atoms with Crippen LogP contribution >= 0.6 is 0 Å². The Kier molecular flexibility index (Phi) is 2.00. The van der Waals surface area contributed by atoms with Crippen LogP contribution in [-0.4, -0.2) is 41.8 Å². The summed E-state index contributed by atoms with van der Waals surface area (Å²) in [4.78, 5) is 13.4. The van der Waals surface area contributed by atoms with E-state index in [4.69, 9.17) is 4.74 Å². The molecule has 14 heavy (non-hydrogen) atoms. The maximum Gasteiger partial charge on any atom is 0.407 e. The first kappa shape index (κ1) is 9.77. The highest BCUT2D eigenvalue weighted by molar-refractivity contribution is 5.70. The van der Waals surface area contributed by atoms with E-state index in [9.17, 15) is 4.79 Å². The molecule has 4 nitrogen and oxygen atoms in total. The topological polar surface area (TPSA) is 41.6 Å². The van der Waals surface area contributed by atoms with Gasteiger partial charge in [0.05, 0.1) is 6.54 Å². The van der Waals surface area contributed by atoms with E-state index in [0.717, 1.165) is 19.5 Å². The number of amides is 1. The maximum absolute atomic E-state index is 11.0. The van der Waals surface area contributed by atoms with Crippen LogP contribution in [0.5, 0.6) is 0 Å². The average Bonchev–Trinajstić information content (AvgIpc) is 2.59. The highest BCUT2D eigenvalue weighted by atomic mass is 16.6. The van der Waals surface area contributed by atoms with Crippen molar-refractivity contribution in [3.05, 3.63) is 0 Å². The van der Waals surface area contributed by atoms with Crippen LogP contribution in [0.3, 0.4) is 0 Å². The van der Waals surface area contributed by atoms with Crippen molar-refractivity contribution in [2.24, 2.45) is 0 Å². The minimum absolute atomic E-state index is 0.165. The van der Waals surface area contributed by atoms with Crippen LogP contribution in [0.2, 0.25) is 0 Å². The number of alkyl carbamates (subject to hydrolysis) is 1. The van der Waals surface area contributed by atoms with Crippen LogP contribution < -0.4 is 5.32 Å². The molecule has 1 unspecified atom stereocenters. The van der Waals surface area contributed by atoms with Crippen molar-refractivity contribution in [1.82, 2.24) is 10.2 Å². The molecule has 0 aromatic carbocycles. The summed E-state index contributed by atoms with van der Waals surface area (Å²) in [6.07, 6.45) is 0.684. The molecular weight excluding hydrogens is 180 g/mol. The molecule has 0 saturated carbocycles. The van der Waals surface area contributed by atoms with Gasteiger partial charge in [0.15, 0.2) is 0 Å². The Morgan fingerprint density at radius 1 is 1.50 bits per heavy atom. The second-order valence-corrected chi connectivity index (χ2v) is 5.27. The third kappa shape index (κ3) is 1.59. The van der Waals surface area contributed by atoms with Crippen LogP contribution in [0, 0.1) is 0 Å². The fourth-order valence-corrected chi connectivity index (χ4v) is 2.15. The highest BCUT2D eigenvalue weighted by Gasteiger charge is 2.47. The molecule has 1 N–H and O–H groups in total. The summed E-state index contributed by atoms with van der Waals surface area (Å²) in [5, 5.41) is 2.74. The first-order valence-electron chi connectivity index (χ1n) is 5.13. The average molecular weight is 198 g/mol. The van der Waals surface area contributed by atoms with Gasteiger partial charge in [0, 0.05) is 25.0 Å². The van der Waals surface area contributed by atoms with Crippen LogP contribution in [0.1, 0.15) is 27.2 Å². The number of rotatable bonds is 0. The summed E-state index contributed by atoms with van der Waals surface area (Å²) in [6.45, 7) is 9.11. The Morgan fingerprint density at radius 2 is 2.21 bits per heavy atom. The molecule has 2 heterocycles. The second-order valence-electron chi connectivity index (χ2n) is 5.27. The summed E-state index contributed by atoms with van der Waals surface area (Å²) < 4.78 is 5.34. The summed E-state index contributed by atoms with van der Waals surface area (Å²) in [7, 11) is 0. The summed E-state index contributed by atoms with van der Waals surface area (Å²) in [6, 6.07) is 0. The minimum Gasteiger partial charge on any atom is -0.440 e. The molecule has 1 atom stereocenters. The molecule has 4 heteroatoms. The van der Waals surface area contributed by atoms with Crippen molar-refractivity contribution in [2.75, 3.05) is 19.6 Å². The monoisotopic (exact) mass is 198 g/mol. The van der Waals surface area contributed by atoms with Gasteiger partial charge in [-0.15, -0.1) is 0 Å². The van der Waals surface area contributed by atoms with Gasteiger partial charge in [0.25, 0.3) is 0 Å². The van der Waals surface area contributed by atoms with Gasteiger partial charge >= 0.3 is 6.09 Å². The number of hydrogen-bond acceptors (Lipinski definition) is 3. The first-order valence-corrected chi connectivity index (χ1v) is 5.13. The molecule has 2 saturated heterocycles. The first-order chi connectivity index (χ1) is 6.41. The lowest BCUT2D eigenvalue weighted by Gasteiger charge is -2.32. The van der Waals surface area contributed by atoms with Crippen LogP contribution in [0.15, 0.2) is 0 Å². The van der Waals surface area contributed by atoms with Gasteiger partial charge in [-0.3, -0.25) is 4.90 Å². The van der Waals surface area contributed by atoms with E-state index in [2.05, 4.69) is 31.0 Å². The lowest BCUT2D eigenvalue weighted by Crippen LogP contribution is -2.44. The van der Waals surface area contributed by atoms with E-state index < -0.39 is 0 Å². The Bertz CT molecular complexity index is 259. The summed E-state index contributed by atoms with van der Waals surface area (Å²) >= 11 is 0. The number of nitrogens with one attached hydrogen (secondary N) is 1. The van der Waals surface area contributed by atoms with Crippen molar-refractivity contribution in [3.8, 4) is 0 Å². The molecule has 1 amide bonds. The number of ether oxygens (including phenoxy) is 1. The molecule has 2 fully saturated rings. The molecule has 0 aromatic rings. The van der Waals surface area contributed by atoms with Crippen molar-refractivity contribution >= 4 is 6.09 Å². The van der Waals surface area contributed by atoms with Crippen molar-refractivity contribution in [1.29, 1.82) is 0 Å². The molecule has 0 aliphatic carbocycles. The van der Waals surface area contributed by atoms with Gasteiger partial charge in [0.2, 0.25) is 0 Å². The molecule has 2 aliphatic heterocycles. The summed E-state index contributed by atoms with van der Waals surface area (Å²) in [5.41, 5.74) is -0.0805. The van der Waals surface area contributed by atoms with E-state index in [0.29, 0.717) is 6.54 Å². The lowest BCUT2D eigenvalue weighted by atomic mass is 10.0. The van der Waals surface area contributed by atoms with E-state index >= 15 is 0 Å². The van der Waals surface area contributed by atoms with E-state index in [1.165, 1.54) is 0 Å². The Hall–Kier alpha value is -0.770. The van der Waals surface area contributed by atoms with Crippen LogP contribution in [-0.2, 0) is 4.74 Å². The lowest BCUT2D eigenvalue weighted by molar-refractivity contribution is 0.0511. The van der Waals surface area contributed by atoms with Crippen molar-refractivity contribution in [3.63, 3.8) is 0 Å². The minimum atomic E-state index is -0.263. The highest BCUT2D eigenvalue weighted by Crippen LogP contribution is 2.32. The third-order valence-corrected chi connectivity index (χ3v) is 3.13. The quantitative estimate of drug-likeness (QED) is 0.630. The SMILES string of the molecule is CC(C)(C)N1CCC2(CNC(=O)O2)C1.